The Kier molecular flexibility index (Phi) is 3.88. The van der Waals surface area contributed by atoms with Crippen LogP contribution in [0.25, 0.3) is 11.0 Å². The van der Waals surface area contributed by atoms with Crippen LogP contribution >= 0.6 is 0 Å². The molecule has 0 saturated carbocycles. The maximum absolute atomic E-state index is 12.1. The van der Waals surface area contributed by atoms with Crippen LogP contribution in [0, 0.1) is 6.92 Å². The number of allylic oxidation sites excluding steroid dienone is 1. The average Bonchev–Trinajstić information content (AvgIpc) is 2.73. The Labute approximate surface area is 118 Å². The highest BCUT2D eigenvalue weighted by Crippen LogP contribution is 2.20. The number of hydrogen-bond donors (Lipinski definition) is 0. The van der Waals surface area contributed by atoms with Gasteiger partial charge < -0.3 is 4.90 Å². The number of rotatable bonds is 4. The minimum Gasteiger partial charge on any atom is -0.383 e. The molecule has 0 amide bonds. The molecule has 2 rings (SSSR count). The second kappa shape index (κ2) is 5.45. The fraction of sp³-hybridized carbons (Fsp3) is 0.400. The van der Waals surface area contributed by atoms with Gasteiger partial charge >= 0.3 is 0 Å². The molecule has 0 fully saturated rings. The standard InChI is InChI=1S/C15H20N4O/c1-10(2)19-15-12(11(3)17-19)6-7-13(16-15)14(20)8-9-18(4)5/h6-10H,1-5H3. The molecule has 5 nitrogen and oxygen atoms in total. The van der Waals surface area contributed by atoms with Crippen molar-refractivity contribution in [1.82, 2.24) is 19.7 Å². The number of hydrogen-bond acceptors (Lipinski definition) is 4. The molecule has 0 N–H and O–H groups in total. The molecule has 2 aromatic rings. The van der Waals surface area contributed by atoms with E-state index in [2.05, 4.69) is 10.1 Å². The molecule has 2 heterocycles. The highest BCUT2D eigenvalue weighted by molar-refractivity contribution is 6.04. The molecule has 0 unspecified atom stereocenters. The molecule has 20 heavy (non-hydrogen) atoms. The molecule has 5 heteroatoms. The van der Waals surface area contributed by atoms with Crippen molar-refractivity contribution in [2.75, 3.05) is 14.1 Å². The Bertz CT molecular complexity index is 668. The normalized spacial score (nSPS) is 11.7. The van der Waals surface area contributed by atoms with Crippen molar-refractivity contribution >= 4 is 16.8 Å². The monoisotopic (exact) mass is 272 g/mol. The number of ketones is 1. The Morgan fingerprint density at radius 2 is 2.05 bits per heavy atom. The highest BCUT2D eigenvalue weighted by atomic mass is 16.1. The van der Waals surface area contributed by atoms with E-state index in [-0.39, 0.29) is 11.8 Å². The predicted octanol–water partition coefficient (Wildman–Crippen LogP) is 2.58. The van der Waals surface area contributed by atoms with Crippen molar-refractivity contribution in [2.24, 2.45) is 0 Å². The van der Waals surface area contributed by atoms with Crippen molar-refractivity contribution in [3.05, 3.63) is 35.8 Å². The van der Waals surface area contributed by atoms with Gasteiger partial charge in [-0.2, -0.15) is 5.10 Å². The summed E-state index contributed by atoms with van der Waals surface area (Å²) in [5, 5.41) is 5.47. The van der Waals surface area contributed by atoms with E-state index in [1.54, 1.807) is 12.3 Å². The number of carbonyl (C=O) groups excluding carboxylic acids is 1. The first-order valence-corrected chi connectivity index (χ1v) is 6.65. The lowest BCUT2D eigenvalue weighted by molar-refractivity contribution is 0.104. The zero-order valence-corrected chi connectivity index (χ0v) is 12.6. The Hall–Kier alpha value is -2.17. The van der Waals surface area contributed by atoms with E-state index in [0.717, 1.165) is 16.7 Å². The van der Waals surface area contributed by atoms with E-state index >= 15 is 0 Å². The summed E-state index contributed by atoms with van der Waals surface area (Å²) in [4.78, 5) is 18.4. The van der Waals surface area contributed by atoms with Gasteiger partial charge in [-0.15, -0.1) is 0 Å². The van der Waals surface area contributed by atoms with Gasteiger partial charge in [-0.25, -0.2) is 9.67 Å². The van der Waals surface area contributed by atoms with Gasteiger partial charge in [-0.3, -0.25) is 4.79 Å². The van der Waals surface area contributed by atoms with Gasteiger partial charge in [0.25, 0.3) is 0 Å². The summed E-state index contributed by atoms with van der Waals surface area (Å²) in [5.41, 5.74) is 2.14. The minimum atomic E-state index is -0.102. The number of nitrogens with zero attached hydrogens (tertiary/aromatic N) is 4. The van der Waals surface area contributed by atoms with Gasteiger partial charge in [-0.1, -0.05) is 0 Å². The number of aromatic nitrogens is 3. The molecule has 0 aliphatic carbocycles. The zero-order valence-electron chi connectivity index (χ0n) is 12.6. The van der Waals surface area contributed by atoms with Crippen LogP contribution in [0.4, 0.5) is 0 Å². The van der Waals surface area contributed by atoms with Crippen molar-refractivity contribution in [3.63, 3.8) is 0 Å². The molecule has 0 aliphatic rings. The van der Waals surface area contributed by atoms with Gasteiger partial charge in [0.05, 0.1) is 5.69 Å². The largest absolute Gasteiger partial charge is 0.383 e. The van der Waals surface area contributed by atoms with Crippen LogP contribution in [0.1, 0.15) is 36.1 Å². The highest BCUT2D eigenvalue weighted by Gasteiger charge is 2.13. The average molecular weight is 272 g/mol. The van der Waals surface area contributed by atoms with Crippen molar-refractivity contribution in [3.8, 4) is 0 Å². The summed E-state index contributed by atoms with van der Waals surface area (Å²) in [6, 6.07) is 3.88. The van der Waals surface area contributed by atoms with Crippen LogP contribution in [-0.4, -0.2) is 39.5 Å². The lowest BCUT2D eigenvalue weighted by Crippen LogP contribution is -2.07. The van der Waals surface area contributed by atoms with E-state index < -0.39 is 0 Å². The molecule has 2 aromatic heterocycles. The van der Waals surface area contributed by atoms with Crippen LogP contribution in [0.3, 0.4) is 0 Å². The smallest absolute Gasteiger partial charge is 0.205 e. The van der Waals surface area contributed by atoms with Gasteiger partial charge in [-0.05, 0) is 32.9 Å². The van der Waals surface area contributed by atoms with E-state index in [1.165, 1.54) is 6.08 Å². The topological polar surface area (TPSA) is 51.0 Å². The maximum atomic E-state index is 12.1. The molecule has 0 spiro atoms. The quantitative estimate of drug-likeness (QED) is 0.634. The van der Waals surface area contributed by atoms with Crippen LogP contribution in [0.2, 0.25) is 0 Å². The van der Waals surface area contributed by atoms with Crippen molar-refractivity contribution < 1.29 is 4.79 Å². The van der Waals surface area contributed by atoms with Crippen molar-refractivity contribution in [1.29, 1.82) is 0 Å². The summed E-state index contributed by atoms with van der Waals surface area (Å²) >= 11 is 0. The number of fused-ring (bicyclic) bond motifs is 1. The van der Waals surface area contributed by atoms with E-state index in [4.69, 9.17) is 0 Å². The summed E-state index contributed by atoms with van der Waals surface area (Å²) in [6.07, 6.45) is 3.25. The second-order valence-electron chi connectivity index (χ2n) is 5.33. The van der Waals surface area contributed by atoms with E-state index in [1.807, 2.05) is 50.5 Å². The molecule has 0 aliphatic heterocycles. The number of pyridine rings is 1. The first-order chi connectivity index (χ1) is 9.40. The van der Waals surface area contributed by atoms with Crippen LogP contribution in [0.5, 0.6) is 0 Å². The molecule has 0 aromatic carbocycles. The Balaban J connectivity index is 2.47. The van der Waals surface area contributed by atoms with Gasteiger partial charge in [0.2, 0.25) is 5.78 Å². The number of aryl methyl sites for hydroxylation is 1. The summed E-state index contributed by atoms with van der Waals surface area (Å²) in [6.45, 7) is 6.05. The van der Waals surface area contributed by atoms with E-state index in [0.29, 0.717) is 5.69 Å². The first kappa shape index (κ1) is 14.2. The SMILES string of the molecule is Cc1nn(C(C)C)c2nc(C(=O)C=CN(C)C)ccc12. The molecule has 0 atom stereocenters. The summed E-state index contributed by atoms with van der Waals surface area (Å²) in [7, 11) is 3.75. The van der Waals surface area contributed by atoms with E-state index in [9.17, 15) is 4.79 Å². The lowest BCUT2D eigenvalue weighted by Gasteiger charge is -2.06. The van der Waals surface area contributed by atoms with Gasteiger partial charge in [0.1, 0.15) is 5.69 Å². The molecule has 0 saturated heterocycles. The molecule has 0 radical (unpaired) electrons. The molecular weight excluding hydrogens is 252 g/mol. The summed E-state index contributed by atoms with van der Waals surface area (Å²) < 4.78 is 1.86. The summed E-state index contributed by atoms with van der Waals surface area (Å²) in [5.74, 6) is -0.102. The first-order valence-electron chi connectivity index (χ1n) is 6.65. The van der Waals surface area contributed by atoms with Gasteiger partial charge in [0, 0.05) is 37.8 Å². The fourth-order valence-corrected chi connectivity index (χ4v) is 1.97. The molecule has 0 bridgehead atoms. The van der Waals surface area contributed by atoms with Crippen LogP contribution in [0.15, 0.2) is 24.4 Å². The molecular formula is C15H20N4O. The van der Waals surface area contributed by atoms with Crippen LogP contribution in [-0.2, 0) is 0 Å². The minimum absolute atomic E-state index is 0.102. The number of carbonyl (C=O) groups is 1. The third-order valence-electron chi connectivity index (χ3n) is 3.01. The third kappa shape index (κ3) is 2.71. The zero-order chi connectivity index (χ0) is 14.9. The maximum Gasteiger partial charge on any atom is 0.205 e. The lowest BCUT2D eigenvalue weighted by atomic mass is 10.2. The van der Waals surface area contributed by atoms with Crippen molar-refractivity contribution in [2.45, 2.75) is 26.8 Å². The predicted molar refractivity (Wildman–Crippen MR) is 79.8 cm³/mol. The Morgan fingerprint density at radius 3 is 2.65 bits per heavy atom. The molecule has 106 valence electrons. The fourth-order valence-electron chi connectivity index (χ4n) is 1.97. The van der Waals surface area contributed by atoms with Gasteiger partial charge in [0.15, 0.2) is 5.65 Å². The Morgan fingerprint density at radius 1 is 1.35 bits per heavy atom. The second-order valence-corrected chi connectivity index (χ2v) is 5.33. The van der Waals surface area contributed by atoms with Crippen LogP contribution < -0.4 is 0 Å². The third-order valence-corrected chi connectivity index (χ3v) is 3.01.